The molecule has 0 aromatic heterocycles. The number of nitro groups is 1. The summed E-state index contributed by atoms with van der Waals surface area (Å²) in [5.74, 6) is -0.175. The second kappa shape index (κ2) is 6.13. The largest absolute Gasteiger partial charge is 0.466 e. The summed E-state index contributed by atoms with van der Waals surface area (Å²) in [7, 11) is 0. The van der Waals surface area contributed by atoms with Crippen molar-refractivity contribution in [2.45, 2.75) is 39.2 Å². The van der Waals surface area contributed by atoms with Gasteiger partial charge in [0.1, 0.15) is 0 Å². The van der Waals surface area contributed by atoms with Crippen molar-refractivity contribution in [3.8, 4) is 0 Å². The molecule has 0 saturated carbocycles. The van der Waals surface area contributed by atoms with Gasteiger partial charge in [0, 0.05) is 18.8 Å². The summed E-state index contributed by atoms with van der Waals surface area (Å²) in [5.41, 5.74) is -0.934. The Kier molecular flexibility index (Phi) is 5.07. The topological polar surface area (TPSA) is 72.7 Å². The van der Waals surface area contributed by atoms with Gasteiger partial charge in [0.05, 0.1) is 19.1 Å². The van der Waals surface area contributed by atoms with Crippen LogP contribution in [0.4, 0.5) is 0 Å². The third-order valence-electron chi connectivity index (χ3n) is 3.31. The lowest BCUT2D eigenvalue weighted by molar-refractivity contribution is -0.561. The summed E-state index contributed by atoms with van der Waals surface area (Å²) >= 11 is 0. The van der Waals surface area contributed by atoms with Crippen LogP contribution in [0, 0.1) is 16.0 Å². The van der Waals surface area contributed by atoms with E-state index < -0.39 is 5.54 Å². The van der Waals surface area contributed by atoms with Gasteiger partial charge in [-0.1, -0.05) is 0 Å². The first kappa shape index (κ1) is 14.9. The average molecular weight is 258 g/mol. The number of hydrogen-bond acceptors (Lipinski definition) is 5. The Bertz CT molecular complexity index is 309. The van der Waals surface area contributed by atoms with Gasteiger partial charge in [-0.3, -0.25) is 19.8 Å². The Morgan fingerprint density at radius 2 is 2.00 bits per heavy atom. The summed E-state index contributed by atoms with van der Waals surface area (Å²) in [5, 5.41) is 10.9. The Balaban J connectivity index is 2.40. The highest BCUT2D eigenvalue weighted by molar-refractivity contribution is 5.72. The summed E-state index contributed by atoms with van der Waals surface area (Å²) in [4.78, 5) is 24.2. The lowest BCUT2D eigenvalue weighted by Gasteiger charge is -2.33. The molecule has 0 amide bonds. The van der Waals surface area contributed by atoms with E-state index in [1.54, 1.807) is 20.8 Å². The molecule has 0 spiro atoms. The van der Waals surface area contributed by atoms with Gasteiger partial charge in [-0.05, 0) is 32.9 Å². The fourth-order valence-electron chi connectivity index (χ4n) is 2.19. The van der Waals surface area contributed by atoms with Crippen LogP contribution in [-0.4, -0.2) is 47.6 Å². The molecule has 0 aliphatic carbocycles. The van der Waals surface area contributed by atoms with Crippen molar-refractivity contribution in [1.82, 2.24) is 4.90 Å². The predicted octanol–water partition coefficient (Wildman–Crippen LogP) is 1.32. The highest BCUT2D eigenvalue weighted by atomic mass is 16.6. The van der Waals surface area contributed by atoms with Crippen LogP contribution < -0.4 is 0 Å². The van der Waals surface area contributed by atoms with Gasteiger partial charge < -0.3 is 4.74 Å². The number of ether oxygens (including phenoxy) is 1. The number of hydrogen-bond donors (Lipinski definition) is 0. The van der Waals surface area contributed by atoms with E-state index in [4.69, 9.17) is 4.74 Å². The zero-order chi connectivity index (χ0) is 13.8. The van der Waals surface area contributed by atoms with Crippen LogP contribution >= 0.6 is 0 Å². The summed E-state index contributed by atoms with van der Waals surface area (Å²) in [6.07, 6.45) is 1.46. The maximum Gasteiger partial charge on any atom is 0.309 e. The monoisotopic (exact) mass is 258 g/mol. The number of likely N-dealkylation sites (tertiary alicyclic amines) is 1. The standard InChI is InChI=1S/C12H22N2O4/c1-4-18-11(15)10-5-7-13(8-6-10)9-12(2,3)14(16)17/h10H,4-9H2,1-3H3. The van der Waals surface area contributed by atoms with E-state index in [2.05, 4.69) is 4.90 Å². The Morgan fingerprint density at radius 3 is 2.44 bits per heavy atom. The quantitative estimate of drug-likeness (QED) is 0.422. The summed E-state index contributed by atoms with van der Waals surface area (Å²) < 4.78 is 4.99. The number of esters is 1. The molecular formula is C12H22N2O4. The summed E-state index contributed by atoms with van der Waals surface area (Å²) in [6, 6.07) is 0. The van der Waals surface area contributed by atoms with E-state index in [0.29, 0.717) is 13.2 Å². The number of carbonyl (C=O) groups is 1. The molecule has 0 N–H and O–H groups in total. The van der Waals surface area contributed by atoms with Crippen molar-refractivity contribution in [1.29, 1.82) is 0 Å². The normalized spacial score (nSPS) is 18.6. The molecule has 0 radical (unpaired) electrons. The molecule has 1 heterocycles. The van der Waals surface area contributed by atoms with Crippen LogP contribution in [0.2, 0.25) is 0 Å². The second-order valence-electron chi connectivity index (χ2n) is 5.37. The predicted molar refractivity (Wildman–Crippen MR) is 66.9 cm³/mol. The van der Waals surface area contributed by atoms with Gasteiger partial charge in [0.25, 0.3) is 0 Å². The van der Waals surface area contributed by atoms with E-state index in [-0.39, 0.29) is 16.8 Å². The zero-order valence-electron chi connectivity index (χ0n) is 11.3. The van der Waals surface area contributed by atoms with E-state index >= 15 is 0 Å². The van der Waals surface area contributed by atoms with Crippen molar-refractivity contribution < 1.29 is 14.5 Å². The fraction of sp³-hybridized carbons (Fsp3) is 0.917. The first-order valence-electron chi connectivity index (χ1n) is 6.40. The van der Waals surface area contributed by atoms with Gasteiger partial charge in [-0.25, -0.2) is 0 Å². The highest BCUT2D eigenvalue weighted by Crippen LogP contribution is 2.21. The molecule has 18 heavy (non-hydrogen) atoms. The van der Waals surface area contributed by atoms with Crippen molar-refractivity contribution in [3.05, 3.63) is 10.1 Å². The third kappa shape index (κ3) is 3.94. The lowest BCUT2D eigenvalue weighted by Crippen LogP contribution is -2.47. The van der Waals surface area contributed by atoms with Gasteiger partial charge in [-0.15, -0.1) is 0 Å². The third-order valence-corrected chi connectivity index (χ3v) is 3.31. The number of carbonyl (C=O) groups excluding carboxylic acids is 1. The fourth-order valence-corrected chi connectivity index (χ4v) is 2.19. The Labute approximate surface area is 107 Å². The molecule has 1 rings (SSSR count). The molecule has 0 atom stereocenters. The maximum atomic E-state index is 11.5. The molecule has 0 aromatic carbocycles. The summed E-state index contributed by atoms with van der Waals surface area (Å²) in [6.45, 7) is 7.34. The van der Waals surface area contributed by atoms with E-state index in [1.807, 2.05) is 0 Å². The smallest absolute Gasteiger partial charge is 0.309 e. The number of piperidine rings is 1. The minimum Gasteiger partial charge on any atom is -0.466 e. The molecular weight excluding hydrogens is 236 g/mol. The van der Waals surface area contributed by atoms with Gasteiger partial charge >= 0.3 is 5.97 Å². The SMILES string of the molecule is CCOC(=O)C1CCN(CC(C)(C)[N+](=O)[O-])CC1. The number of rotatable bonds is 5. The van der Waals surface area contributed by atoms with E-state index in [9.17, 15) is 14.9 Å². The van der Waals surface area contributed by atoms with Crippen molar-refractivity contribution >= 4 is 5.97 Å². The van der Waals surface area contributed by atoms with Crippen LogP contribution in [0.25, 0.3) is 0 Å². The molecule has 1 aliphatic rings. The molecule has 0 aromatic rings. The van der Waals surface area contributed by atoms with Gasteiger partial charge in [-0.2, -0.15) is 0 Å². The molecule has 6 nitrogen and oxygen atoms in total. The molecule has 1 fully saturated rings. The number of nitrogens with zero attached hydrogens (tertiary/aromatic N) is 2. The zero-order valence-corrected chi connectivity index (χ0v) is 11.3. The van der Waals surface area contributed by atoms with Gasteiger partial charge in [0.15, 0.2) is 0 Å². The van der Waals surface area contributed by atoms with Crippen LogP contribution in [0.15, 0.2) is 0 Å². The van der Waals surface area contributed by atoms with Crippen LogP contribution in [0.3, 0.4) is 0 Å². The molecule has 6 heteroatoms. The molecule has 0 unspecified atom stereocenters. The van der Waals surface area contributed by atoms with Crippen molar-refractivity contribution in [2.75, 3.05) is 26.2 Å². The van der Waals surface area contributed by atoms with Crippen molar-refractivity contribution in [2.24, 2.45) is 5.92 Å². The molecule has 1 saturated heterocycles. The molecule has 1 aliphatic heterocycles. The van der Waals surface area contributed by atoms with Crippen LogP contribution in [0.1, 0.15) is 33.6 Å². The average Bonchev–Trinajstić information content (AvgIpc) is 2.29. The first-order chi connectivity index (χ1) is 8.36. The maximum absolute atomic E-state index is 11.5. The second-order valence-corrected chi connectivity index (χ2v) is 5.37. The van der Waals surface area contributed by atoms with E-state index in [0.717, 1.165) is 25.9 Å². The minimum atomic E-state index is -0.934. The first-order valence-corrected chi connectivity index (χ1v) is 6.40. The Morgan fingerprint density at radius 1 is 1.44 bits per heavy atom. The molecule has 104 valence electrons. The van der Waals surface area contributed by atoms with Crippen molar-refractivity contribution in [3.63, 3.8) is 0 Å². The van der Waals surface area contributed by atoms with Crippen LogP contribution in [0.5, 0.6) is 0 Å². The van der Waals surface area contributed by atoms with Crippen LogP contribution in [-0.2, 0) is 9.53 Å². The lowest BCUT2D eigenvalue weighted by atomic mass is 9.95. The highest BCUT2D eigenvalue weighted by Gasteiger charge is 2.35. The van der Waals surface area contributed by atoms with E-state index in [1.165, 1.54) is 0 Å². The molecule has 0 bridgehead atoms. The van der Waals surface area contributed by atoms with Gasteiger partial charge in [0.2, 0.25) is 5.54 Å². The minimum absolute atomic E-state index is 0.0417. The Hall–Kier alpha value is -1.17.